The van der Waals surface area contributed by atoms with Crippen molar-refractivity contribution in [2.75, 3.05) is 5.32 Å². The van der Waals surface area contributed by atoms with Crippen LogP contribution >= 0.6 is 11.3 Å². The number of anilines is 2. The highest BCUT2D eigenvalue weighted by Crippen LogP contribution is 2.22. The van der Waals surface area contributed by atoms with Crippen LogP contribution in [0.5, 0.6) is 0 Å². The molecule has 4 nitrogen and oxygen atoms in total. The van der Waals surface area contributed by atoms with Crippen molar-refractivity contribution in [3.8, 4) is 0 Å². The molecule has 0 aliphatic carbocycles. The molecule has 17 heavy (non-hydrogen) atoms. The number of rotatable bonds is 3. The lowest BCUT2D eigenvalue weighted by atomic mass is 10.1. The molecule has 0 aliphatic rings. The Morgan fingerprint density at radius 1 is 1.29 bits per heavy atom. The van der Waals surface area contributed by atoms with Gasteiger partial charge in [0.1, 0.15) is 0 Å². The molecule has 0 saturated heterocycles. The van der Waals surface area contributed by atoms with Crippen LogP contribution in [0.15, 0.2) is 23.6 Å². The van der Waals surface area contributed by atoms with E-state index in [4.69, 9.17) is 5.11 Å². The molecule has 0 fully saturated rings. The first-order valence-electron chi connectivity index (χ1n) is 5.09. The summed E-state index contributed by atoms with van der Waals surface area (Å²) in [6, 6.07) is 6.07. The standard InChI is InChI=1S/C12H12N2O2S/c1-7-3-8(2)5-9(4-7)13-12-14-10(6-17-12)11(15)16/h3-6H,1-2H3,(H,13,14)(H,15,16). The molecule has 0 radical (unpaired) electrons. The van der Waals surface area contributed by atoms with Gasteiger partial charge < -0.3 is 10.4 Å². The van der Waals surface area contributed by atoms with Gasteiger partial charge in [-0.05, 0) is 37.1 Å². The van der Waals surface area contributed by atoms with E-state index in [2.05, 4.69) is 16.4 Å². The molecule has 0 amide bonds. The predicted octanol–water partition coefficient (Wildman–Crippen LogP) is 3.20. The summed E-state index contributed by atoms with van der Waals surface area (Å²) in [5.41, 5.74) is 3.31. The van der Waals surface area contributed by atoms with Crippen LogP contribution in [0.2, 0.25) is 0 Å². The van der Waals surface area contributed by atoms with E-state index in [9.17, 15) is 4.79 Å². The van der Waals surface area contributed by atoms with Crippen LogP contribution < -0.4 is 5.32 Å². The van der Waals surface area contributed by atoms with Crippen molar-refractivity contribution in [1.29, 1.82) is 0 Å². The second-order valence-corrected chi connectivity index (χ2v) is 4.70. The fraction of sp³-hybridized carbons (Fsp3) is 0.167. The van der Waals surface area contributed by atoms with Crippen LogP contribution in [0.4, 0.5) is 10.8 Å². The van der Waals surface area contributed by atoms with Crippen LogP contribution in [-0.2, 0) is 0 Å². The SMILES string of the molecule is Cc1cc(C)cc(Nc2nc(C(=O)O)cs2)c1. The highest BCUT2D eigenvalue weighted by Gasteiger charge is 2.08. The molecule has 0 unspecified atom stereocenters. The smallest absolute Gasteiger partial charge is 0.355 e. The highest BCUT2D eigenvalue weighted by molar-refractivity contribution is 7.14. The largest absolute Gasteiger partial charge is 0.476 e. The average molecular weight is 248 g/mol. The minimum absolute atomic E-state index is 0.0712. The number of aromatic carboxylic acids is 1. The molecule has 88 valence electrons. The summed E-state index contributed by atoms with van der Waals surface area (Å²) >= 11 is 1.28. The van der Waals surface area contributed by atoms with Crippen molar-refractivity contribution in [1.82, 2.24) is 4.98 Å². The third-order valence-electron chi connectivity index (χ3n) is 2.20. The van der Waals surface area contributed by atoms with Crippen molar-refractivity contribution >= 4 is 28.1 Å². The molecule has 1 heterocycles. The van der Waals surface area contributed by atoms with E-state index in [1.807, 2.05) is 26.0 Å². The second kappa shape index (κ2) is 4.55. The van der Waals surface area contributed by atoms with Crippen molar-refractivity contribution in [3.05, 3.63) is 40.4 Å². The maximum Gasteiger partial charge on any atom is 0.355 e. The summed E-state index contributed by atoms with van der Waals surface area (Å²) < 4.78 is 0. The van der Waals surface area contributed by atoms with Gasteiger partial charge in [0.25, 0.3) is 0 Å². The lowest BCUT2D eigenvalue weighted by Gasteiger charge is -2.05. The van der Waals surface area contributed by atoms with Gasteiger partial charge in [-0.1, -0.05) is 6.07 Å². The minimum atomic E-state index is -1.00. The van der Waals surface area contributed by atoms with Gasteiger partial charge in [0.15, 0.2) is 10.8 Å². The molecule has 2 aromatic rings. The summed E-state index contributed by atoms with van der Waals surface area (Å²) in [7, 11) is 0. The van der Waals surface area contributed by atoms with E-state index < -0.39 is 5.97 Å². The van der Waals surface area contributed by atoms with Gasteiger partial charge in [0.2, 0.25) is 0 Å². The Hall–Kier alpha value is -1.88. The van der Waals surface area contributed by atoms with Gasteiger partial charge in [-0.2, -0.15) is 0 Å². The van der Waals surface area contributed by atoms with E-state index in [-0.39, 0.29) is 5.69 Å². The van der Waals surface area contributed by atoms with Crippen LogP contribution in [0.3, 0.4) is 0 Å². The second-order valence-electron chi connectivity index (χ2n) is 3.84. The third-order valence-corrected chi connectivity index (χ3v) is 2.95. The number of benzene rings is 1. The summed E-state index contributed by atoms with van der Waals surface area (Å²) in [5, 5.41) is 14.0. The Morgan fingerprint density at radius 2 is 1.94 bits per heavy atom. The molecule has 5 heteroatoms. The summed E-state index contributed by atoms with van der Waals surface area (Å²) in [6.45, 7) is 4.03. The number of nitrogens with one attached hydrogen (secondary N) is 1. The van der Waals surface area contributed by atoms with Gasteiger partial charge >= 0.3 is 5.97 Å². The Morgan fingerprint density at radius 3 is 2.47 bits per heavy atom. The number of hydrogen-bond donors (Lipinski definition) is 2. The van der Waals surface area contributed by atoms with Crippen LogP contribution in [0.1, 0.15) is 21.6 Å². The molecule has 0 spiro atoms. The molecule has 0 atom stereocenters. The van der Waals surface area contributed by atoms with Crippen LogP contribution in [-0.4, -0.2) is 16.1 Å². The number of carboxylic acid groups (broad SMARTS) is 1. The Bertz CT molecular complexity index is 543. The maximum absolute atomic E-state index is 10.7. The number of thiazole rings is 1. The Labute approximate surface area is 103 Å². The number of hydrogen-bond acceptors (Lipinski definition) is 4. The first kappa shape index (κ1) is 11.6. The van der Waals surface area contributed by atoms with Crippen molar-refractivity contribution in [2.24, 2.45) is 0 Å². The molecule has 2 N–H and O–H groups in total. The lowest BCUT2D eigenvalue weighted by Crippen LogP contribution is -1.97. The fourth-order valence-electron chi connectivity index (χ4n) is 1.60. The Kier molecular flexibility index (Phi) is 3.10. The number of aromatic nitrogens is 1. The monoisotopic (exact) mass is 248 g/mol. The first-order chi connectivity index (χ1) is 8.04. The van der Waals surface area contributed by atoms with E-state index >= 15 is 0 Å². The summed E-state index contributed by atoms with van der Waals surface area (Å²) in [4.78, 5) is 14.7. The average Bonchev–Trinajstić information content (AvgIpc) is 2.64. The van der Waals surface area contributed by atoms with Crippen molar-refractivity contribution in [2.45, 2.75) is 13.8 Å². The molecule has 0 saturated carbocycles. The van der Waals surface area contributed by atoms with Gasteiger partial charge in [-0.3, -0.25) is 0 Å². The van der Waals surface area contributed by atoms with Gasteiger partial charge in [-0.15, -0.1) is 11.3 Å². The maximum atomic E-state index is 10.7. The normalized spacial score (nSPS) is 10.2. The number of nitrogens with zero attached hydrogens (tertiary/aromatic N) is 1. The Balaban J connectivity index is 2.22. The van der Waals surface area contributed by atoms with Gasteiger partial charge in [-0.25, -0.2) is 9.78 Å². The zero-order valence-corrected chi connectivity index (χ0v) is 10.3. The number of aryl methyl sites for hydroxylation is 2. The fourth-order valence-corrected chi connectivity index (χ4v) is 2.30. The van der Waals surface area contributed by atoms with Crippen molar-refractivity contribution in [3.63, 3.8) is 0 Å². The quantitative estimate of drug-likeness (QED) is 0.875. The minimum Gasteiger partial charge on any atom is -0.476 e. The number of carboxylic acids is 1. The molecule has 0 aliphatic heterocycles. The van der Waals surface area contributed by atoms with E-state index in [1.165, 1.54) is 16.7 Å². The molecule has 0 bridgehead atoms. The highest BCUT2D eigenvalue weighted by atomic mass is 32.1. The number of carbonyl (C=O) groups is 1. The molecular weight excluding hydrogens is 236 g/mol. The lowest BCUT2D eigenvalue weighted by molar-refractivity contribution is 0.0691. The van der Waals surface area contributed by atoms with E-state index in [1.54, 1.807) is 0 Å². The van der Waals surface area contributed by atoms with E-state index in [0.717, 1.165) is 16.8 Å². The van der Waals surface area contributed by atoms with Gasteiger partial charge in [0, 0.05) is 11.1 Å². The van der Waals surface area contributed by atoms with Crippen LogP contribution in [0.25, 0.3) is 0 Å². The summed E-state index contributed by atoms with van der Waals surface area (Å²) in [6.07, 6.45) is 0. The molecule has 1 aromatic heterocycles. The van der Waals surface area contributed by atoms with Crippen LogP contribution in [0, 0.1) is 13.8 Å². The zero-order valence-electron chi connectivity index (χ0n) is 9.52. The molecular formula is C12H12N2O2S. The van der Waals surface area contributed by atoms with E-state index in [0.29, 0.717) is 5.13 Å². The predicted molar refractivity (Wildman–Crippen MR) is 68.3 cm³/mol. The topological polar surface area (TPSA) is 62.2 Å². The summed E-state index contributed by atoms with van der Waals surface area (Å²) in [5.74, 6) is -1.00. The van der Waals surface area contributed by atoms with Crippen molar-refractivity contribution < 1.29 is 9.90 Å². The first-order valence-corrected chi connectivity index (χ1v) is 5.97. The van der Waals surface area contributed by atoms with Gasteiger partial charge in [0.05, 0.1) is 0 Å². The molecule has 1 aromatic carbocycles. The zero-order chi connectivity index (χ0) is 12.4. The third kappa shape index (κ3) is 2.82. The molecule has 2 rings (SSSR count).